The first-order chi connectivity index (χ1) is 13.3. The van der Waals surface area contributed by atoms with Gasteiger partial charge < -0.3 is 11.1 Å². The highest BCUT2D eigenvalue weighted by Crippen LogP contribution is 2.26. The lowest BCUT2D eigenvalue weighted by atomic mass is 9.98. The van der Waals surface area contributed by atoms with Crippen LogP contribution in [0.25, 0.3) is 0 Å². The lowest BCUT2D eigenvalue weighted by Gasteiger charge is -2.14. The first-order valence-corrected chi connectivity index (χ1v) is 9.29. The Bertz CT molecular complexity index is 1060. The molecule has 0 aliphatic heterocycles. The minimum Gasteiger partial charge on any atom is -0.398 e. The number of hydrogen-bond acceptors (Lipinski definition) is 6. The number of anilines is 2. The Labute approximate surface area is 165 Å². The average Bonchev–Trinajstić information content (AvgIpc) is 3.16. The van der Waals surface area contributed by atoms with Crippen molar-refractivity contribution in [3.05, 3.63) is 85.6 Å². The molecule has 1 amide bonds. The molecule has 0 saturated heterocycles. The van der Waals surface area contributed by atoms with Crippen molar-refractivity contribution in [2.45, 2.75) is 13.3 Å². The maximum absolute atomic E-state index is 12.3. The zero-order valence-electron chi connectivity index (χ0n) is 15.1. The lowest BCUT2D eigenvalue weighted by Crippen LogP contribution is -2.16. The maximum Gasteiger partial charge on any atom is 0.270 e. The summed E-state index contributed by atoms with van der Waals surface area (Å²) < 4.78 is 0. The zero-order valence-corrected chi connectivity index (χ0v) is 15.9. The van der Waals surface area contributed by atoms with Gasteiger partial charge in [0.15, 0.2) is 0 Å². The Balaban J connectivity index is 1.88. The van der Waals surface area contributed by atoms with Crippen LogP contribution in [-0.4, -0.2) is 16.5 Å². The number of thiophene rings is 1. The van der Waals surface area contributed by atoms with Crippen LogP contribution in [0.3, 0.4) is 0 Å². The molecule has 0 aliphatic carbocycles. The van der Waals surface area contributed by atoms with Crippen LogP contribution in [0.15, 0.2) is 53.9 Å². The number of benzene rings is 2. The molecule has 2 aromatic carbocycles. The van der Waals surface area contributed by atoms with Crippen molar-refractivity contribution in [2.24, 2.45) is 0 Å². The van der Waals surface area contributed by atoms with Crippen LogP contribution in [0.5, 0.6) is 0 Å². The topological polar surface area (TPSA) is 122 Å². The minimum absolute atomic E-state index is 0.0509. The highest BCUT2D eigenvalue weighted by atomic mass is 32.1. The van der Waals surface area contributed by atoms with Gasteiger partial charge in [-0.2, -0.15) is 0 Å². The molecular formula is C20H18N4O3S. The van der Waals surface area contributed by atoms with Gasteiger partial charge in [-0.25, -0.2) is 0 Å². The predicted octanol–water partition coefficient (Wildman–Crippen LogP) is 4.14. The molecule has 142 valence electrons. The Kier molecular flexibility index (Phi) is 5.51. The van der Waals surface area contributed by atoms with Crippen LogP contribution in [0.4, 0.5) is 17.1 Å². The standard InChI is InChI=1S/C20H18N4O3S/c1-12-8-17(21)16(20(22)13-4-2-5-14(9-13)24(26)27)11-18(12)23-19(25)10-15-6-3-7-28-15/h2-9,11,22H,10,21H2,1H3,(H,23,25). The smallest absolute Gasteiger partial charge is 0.270 e. The molecule has 8 heteroatoms. The van der Waals surface area contributed by atoms with E-state index in [0.717, 1.165) is 10.4 Å². The molecule has 7 nitrogen and oxygen atoms in total. The van der Waals surface area contributed by atoms with Crippen molar-refractivity contribution < 1.29 is 9.72 Å². The first kappa shape index (κ1) is 19.2. The molecule has 0 aliphatic rings. The van der Waals surface area contributed by atoms with Crippen molar-refractivity contribution in [3.8, 4) is 0 Å². The summed E-state index contributed by atoms with van der Waals surface area (Å²) in [7, 11) is 0. The van der Waals surface area contributed by atoms with E-state index in [0.29, 0.717) is 22.5 Å². The van der Waals surface area contributed by atoms with Gasteiger partial charge in [0.1, 0.15) is 0 Å². The van der Waals surface area contributed by atoms with Crippen molar-refractivity contribution in [1.82, 2.24) is 0 Å². The highest BCUT2D eigenvalue weighted by Gasteiger charge is 2.16. The van der Waals surface area contributed by atoms with Crippen LogP contribution in [-0.2, 0) is 11.2 Å². The predicted molar refractivity (Wildman–Crippen MR) is 111 cm³/mol. The van der Waals surface area contributed by atoms with Crippen LogP contribution < -0.4 is 11.1 Å². The van der Waals surface area contributed by atoms with Crippen molar-refractivity contribution in [1.29, 1.82) is 5.41 Å². The summed E-state index contributed by atoms with van der Waals surface area (Å²) in [6.07, 6.45) is 0.263. The lowest BCUT2D eigenvalue weighted by molar-refractivity contribution is -0.384. The van der Waals surface area contributed by atoms with Crippen LogP contribution in [0.2, 0.25) is 0 Å². The Morgan fingerprint density at radius 1 is 1.25 bits per heavy atom. The molecular weight excluding hydrogens is 376 g/mol. The maximum atomic E-state index is 12.3. The fourth-order valence-corrected chi connectivity index (χ4v) is 3.48. The van der Waals surface area contributed by atoms with Crippen molar-refractivity contribution >= 4 is 40.0 Å². The highest BCUT2D eigenvalue weighted by molar-refractivity contribution is 7.10. The van der Waals surface area contributed by atoms with Gasteiger partial charge in [0, 0.05) is 39.5 Å². The number of amides is 1. The average molecular weight is 394 g/mol. The van der Waals surface area contributed by atoms with Gasteiger partial charge in [-0.05, 0) is 36.1 Å². The molecule has 0 unspecified atom stereocenters. The third-order valence-electron chi connectivity index (χ3n) is 4.20. The van der Waals surface area contributed by atoms with Crippen molar-refractivity contribution in [2.75, 3.05) is 11.1 Å². The summed E-state index contributed by atoms with van der Waals surface area (Å²) in [5.74, 6) is -0.164. The molecule has 0 atom stereocenters. The van der Waals surface area contributed by atoms with E-state index in [1.165, 1.54) is 29.5 Å². The normalized spacial score (nSPS) is 10.5. The number of nitrogens with two attached hydrogens (primary N) is 1. The molecule has 4 N–H and O–H groups in total. The van der Waals surface area contributed by atoms with E-state index in [2.05, 4.69) is 5.32 Å². The quantitative estimate of drug-likeness (QED) is 0.252. The van der Waals surface area contributed by atoms with Gasteiger partial charge >= 0.3 is 0 Å². The first-order valence-electron chi connectivity index (χ1n) is 8.41. The second kappa shape index (κ2) is 8.01. The van der Waals surface area contributed by atoms with E-state index in [1.54, 1.807) is 18.2 Å². The number of rotatable bonds is 6. The fourth-order valence-electron chi connectivity index (χ4n) is 2.78. The summed E-state index contributed by atoms with van der Waals surface area (Å²) in [4.78, 5) is 23.8. The Morgan fingerprint density at radius 3 is 2.71 bits per heavy atom. The summed E-state index contributed by atoms with van der Waals surface area (Å²) in [6, 6.07) is 12.9. The van der Waals surface area contributed by atoms with Gasteiger partial charge in [-0.15, -0.1) is 11.3 Å². The van der Waals surface area contributed by atoms with E-state index in [9.17, 15) is 14.9 Å². The Hall–Kier alpha value is -3.52. The molecule has 1 aromatic heterocycles. The molecule has 1 heterocycles. The minimum atomic E-state index is -0.508. The monoisotopic (exact) mass is 394 g/mol. The van der Waals surface area contributed by atoms with Crippen molar-refractivity contribution in [3.63, 3.8) is 0 Å². The summed E-state index contributed by atoms with van der Waals surface area (Å²) >= 11 is 1.51. The number of nitrogens with zero attached hydrogens (tertiary/aromatic N) is 1. The van der Waals surface area contributed by atoms with E-state index < -0.39 is 4.92 Å². The number of aryl methyl sites for hydroxylation is 1. The number of carbonyl (C=O) groups excluding carboxylic acids is 1. The summed E-state index contributed by atoms with van der Waals surface area (Å²) in [6.45, 7) is 1.82. The molecule has 0 bridgehead atoms. The Morgan fingerprint density at radius 2 is 2.04 bits per heavy atom. The van der Waals surface area contributed by atoms with E-state index >= 15 is 0 Å². The molecule has 28 heavy (non-hydrogen) atoms. The number of hydrogen-bond donors (Lipinski definition) is 3. The number of nitrogen functional groups attached to an aromatic ring is 1. The van der Waals surface area contributed by atoms with Crippen LogP contribution >= 0.6 is 11.3 Å². The summed E-state index contributed by atoms with van der Waals surface area (Å²) in [5, 5.41) is 24.2. The van der Waals surface area contributed by atoms with Gasteiger partial charge in [0.25, 0.3) is 5.69 Å². The van der Waals surface area contributed by atoms with E-state index in [1.807, 2.05) is 24.4 Å². The largest absolute Gasteiger partial charge is 0.398 e. The number of non-ortho nitro benzene ring substituents is 1. The fraction of sp³-hybridized carbons (Fsp3) is 0.100. The van der Waals surface area contributed by atoms with E-state index in [-0.39, 0.29) is 23.7 Å². The van der Waals surface area contributed by atoms with Crippen LogP contribution in [0, 0.1) is 22.4 Å². The second-order valence-corrected chi connectivity index (χ2v) is 7.27. The SMILES string of the molecule is Cc1cc(N)c(C(=N)c2cccc([N+](=O)[O-])c2)cc1NC(=O)Cc1cccs1. The number of carbonyl (C=O) groups is 1. The molecule has 0 spiro atoms. The van der Waals surface area contributed by atoms with Crippen LogP contribution in [0.1, 0.15) is 21.6 Å². The number of nitro groups is 1. The third kappa shape index (κ3) is 4.24. The van der Waals surface area contributed by atoms with Gasteiger partial charge in [-0.3, -0.25) is 20.3 Å². The number of nitrogens with one attached hydrogen (secondary N) is 2. The molecule has 0 fully saturated rings. The number of nitro benzene ring substituents is 1. The molecule has 3 aromatic rings. The zero-order chi connectivity index (χ0) is 20.3. The van der Waals surface area contributed by atoms with E-state index in [4.69, 9.17) is 11.1 Å². The molecule has 0 saturated carbocycles. The molecule has 0 radical (unpaired) electrons. The van der Waals surface area contributed by atoms with Gasteiger partial charge in [0.05, 0.1) is 17.1 Å². The second-order valence-electron chi connectivity index (χ2n) is 6.24. The van der Waals surface area contributed by atoms with Gasteiger partial charge in [-0.1, -0.05) is 18.2 Å². The summed E-state index contributed by atoms with van der Waals surface area (Å²) in [5.41, 5.74) is 8.50. The third-order valence-corrected chi connectivity index (χ3v) is 5.08. The molecule has 3 rings (SSSR count). The van der Waals surface area contributed by atoms with Gasteiger partial charge in [0.2, 0.25) is 5.91 Å².